The molecule has 0 bridgehead atoms. The van der Waals surface area contributed by atoms with Crippen LogP contribution < -0.4 is 10.2 Å². The number of benzene rings is 1. The van der Waals surface area contributed by atoms with Crippen molar-refractivity contribution in [2.24, 2.45) is 0 Å². The average molecular weight is 472 g/mol. The van der Waals surface area contributed by atoms with Crippen molar-refractivity contribution in [3.05, 3.63) is 28.8 Å². The first-order valence-corrected chi connectivity index (χ1v) is 12.1. The van der Waals surface area contributed by atoms with E-state index in [-0.39, 0.29) is 18.1 Å². The SMILES string of the molecule is CCN(c1cc(C#CCN(C)C)cc(C(=O)OC)c1C)[C@H]1CC[C@H](NC(=O)OC(C)(C)C)CC1. The van der Waals surface area contributed by atoms with Gasteiger partial charge in [0.25, 0.3) is 0 Å². The molecule has 1 saturated carbocycles. The molecule has 1 aliphatic carbocycles. The number of alkyl carbamates (subject to hydrolysis) is 1. The number of hydrogen-bond donors (Lipinski definition) is 1. The van der Waals surface area contributed by atoms with E-state index in [1.165, 1.54) is 7.11 Å². The number of carbonyl (C=O) groups excluding carboxylic acids is 2. The van der Waals surface area contributed by atoms with Crippen LogP contribution >= 0.6 is 0 Å². The van der Waals surface area contributed by atoms with E-state index in [0.717, 1.165) is 49.0 Å². The molecule has 0 unspecified atom stereocenters. The number of amides is 1. The number of ether oxygens (including phenoxy) is 2. The lowest BCUT2D eigenvalue weighted by atomic mass is 9.89. The van der Waals surface area contributed by atoms with E-state index in [2.05, 4.69) is 35.0 Å². The number of nitrogens with one attached hydrogen (secondary N) is 1. The van der Waals surface area contributed by atoms with Gasteiger partial charge >= 0.3 is 12.1 Å². The minimum Gasteiger partial charge on any atom is -0.465 e. The number of hydrogen-bond acceptors (Lipinski definition) is 6. The molecule has 0 heterocycles. The van der Waals surface area contributed by atoms with Gasteiger partial charge in [0.2, 0.25) is 0 Å². The highest BCUT2D eigenvalue weighted by molar-refractivity contribution is 5.93. The van der Waals surface area contributed by atoms with E-state index in [1.807, 2.05) is 52.8 Å². The molecule has 1 fully saturated rings. The second-order valence-electron chi connectivity index (χ2n) is 10.1. The maximum Gasteiger partial charge on any atom is 0.407 e. The standard InChI is InChI=1S/C27H41N3O4/c1-9-30(22-14-12-21(13-15-22)28-26(32)34-27(3,4)5)24-18-20(11-10-16-29(6)7)17-23(19(24)2)25(31)33-8/h17-18,21-22H,9,12-16H2,1-8H3,(H,28,32)/t21-,22-. The van der Waals surface area contributed by atoms with Gasteiger partial charge in [-0.2, -0.15) is 0 Å². The number of carbonyl (C=O) groups is 2. The van der Waals surface area contributed by atoms with Gasteiger partial charge in [-0.1, -0.05) is 11.8 Å². The van der Waals surface area contributed by atoms with Crippen LogP contribution in [0.3, 0.4) is 0 Å². The summed E-state index contributed by atoms with van der Waals surface area (Å²) < 4.78 is 10.5. The summed E-state index contributed by atoms with van der Waals surface area (Å²) in [5, 5.41) is 3.01. The number of methoxy groups -OCH3 is 1. The molecule has 34 heavy (non-hydrogen) atoms. The molecule has 1 aromatic carbocycles. The van der Waals surface area contributed by atoms with Gasteiger partial charge in [-0.3, -0.25) is 4.90 Å². The zero-order chi connectivity index (χ0) is 25.5. The van der Waals surface area contributed by atoms with Crippen LogP contribution in [0.2, 0.25) is 0 Å². The molecule has 188 valence electrons. The summed E-state index contributed by atoms with van der Waals surface area (Å²) in [4.78, 5) is 29.0. The van der Waals surface area contributed by atoms with Crippen molar-refractivity contribution >= 4 is 17.7 Å². The van der Waals surface area contributed by atoms with Crippen LogP contribution in [-0.2, 0) is 9.47 Å². The first-order valence-electron chi connectivity index (χ1n) is 12.1. The molecule has 0 spiro atoms. The van der Waals surface area contributed by atoms with Crippen molar-refractivity contribution in [1.29, 1.82) is 0 Å². The minimum absolute atomic E-state index is 0.111. The predicted molar refractivity (Wildman–Crippen MR) is 136 cm³/mol. The van der Waals surface area contributed by atoms with Crippen molar-refractivity contribution in [2.75, 3.05) is 39.2 Å². The maximum absolute atomic E-state index is 12.5. The van der Waals surface area contributed by atoms with Gasteiger partial charge in [0.05, 0.1) is 19.2 Å². The van der Waals surface area contributed by atoms with Crippen LogP contribution in [0, 0.1) is 18.8 Å². The zero-order valence-corrected chi connectivity index (χ0v) is 22.1. The number of rotatable bonds is 6. The van der Waals surface area contributed by atoms with Crippen LogP contribution in [0.15, 0.2) is 12.1 Å². The van der Waals surface area contributed by atoms with Crippen molar-refractivity contribution in [1.82, 2.24) is 10.2 Å². The molecule has 0 radical (unpaired) electrons. The first kappa shape index (κ1) is 27.5. The fourth-order valence-corrected chi connectivity index (χ4v) is 4.32. The lowest BCUT2D eigenvalue weighted by molar-refractivity contribution is 0.0490. The molecule has 0 aromatic heterocycles. The van der Waals surface area contributed by atoms with Crippen LogP contribution in [0.5, 0.6) is 0 Å². The Hall–Kier alpha value is -2.72. The third kappa shape index (κ3) is 7.95. The summed E-state index contributed by atoms with van der Waals surface area (Å²) in [6.45, 7) is 11.2. The molecular formula is C27H41N3O4. The molecule has 0 aliphatic heterocycles. The number of nitrogens with zero attached hydrogens (tertiary/aromatic N) is 2. The highest BCUT2D eigenvalue weighted by atomic mass is 16.6. The molecule has 7 nitrogen and oxygen atoms in total. The first-order chi connectivity index (χ1) is 15.9. The average Bonchev–Trinajstić information content (AvgIpc) is 2.75. The second kappa shape index (κ2) is 12.1. The Morgan fingerprint density at radius 1 is 1.15 bits per heavy atom. The van der Waals surface area contributed by atoms with E-state index in [1.54, 1.807) is 0 Å². The van der Waals surface area contributed by atoms with E-state index in [4.69, 9.17) is 9.47 Å². The minimum atomic E-state index is -0.504. The second-order valence-corrected chi connectivity index (χ2v) is 10.1. The molecule has 0 atom stereocenters. The molecular weight excluding hydrogens is 430 g/mol. The number of anilines is 1. The zero-order valence-electron chi connectivity index (χ0n) is 22.1. The maximum atomic E-state index is 12.5. The summed E-state index contributed by atoms with van der Waals surface area (Å²) in [6, 6.07) is 4.33. The third-order valence-electron chi connectivity index (χ3n) is 5.92. The van der Waals surface area contributed by atoms with Crippen LogP contribution in [0.25, 0.3) is 0 Å². The quantitative estimate of drug-likeness (QED) is 0.491. The normalized spacial score (nSPS) is 18.0. The van der Waals surface area contributed by atoms with Crippen molar-refractivity contribution in [3.63, 3.8) is 0 Å². The van der Waals surface area contributed by atoms with E-state index in [0.29, 0.717) is 18.2 Å². The van der Waals surface area contributed by atoms with Crippen LogP contribution in [0.4, 0.5) is 10.5 Å². The fraction of sp³-hybridized carbons (Fsp3) is 0.630. The lowest BCUT2D eigenvalue weighted by Crippen LogP contribution is -2.45. The summed E-state index contributed by atoms with van der Waals surface area (Å²) in [6.07, 6.45) is 3.29. The Kier molecular flexibility index (Phi) is 9.81. The Labute approximate surface area is 205 Å². The molecule has 1 N–H and O–H groups in total. The summed E-state index contributed by atoms with van der Waals surface area (Å²) in [5.74, 6) is 6.02. The van der Waals surface area contributed by atoms with E-state index in [9.17, 15) is 9.59 Å². The topological polar surface area (TPSA) is 71.1 Å². The predicted octanol–water partition coefficient (Wildman–Crippen LogP) is 4.36. The molecule has 7 heteroatoms. The van der Waals surface area contributed by atoms with Gasteiger partial charge in [-0.05, 0) is 92.1 Å². The Morgan fingerprint density at radius 2 is 1.79 bits per heavy atom. The van der Waals surface area contributed by atoms with Gasteiger partial charge in [0.1, 0.15) is 5.60 Å². The van der Waals surface area contributed by atoms with E-state index < -0.39 is 5.60 Å². The number of esters is 1. The Morgan fingerprint density at radius 3 is 2.32 bits per heavy atom. The van der Waals surface area contributed by atoms with Crippen molar-refractivity contribution in [2.45, 2.75) is 78.0 Å². The molecule has 0 saturated heterocycles. The van der Waals surface area contributed by atoms with Crippen molar-refractivity contribution < 1.29 is 19.1 Å². The van der Waals surface area contributed by atoms with Gasteiger partial charge in [-0.25, -0.2) is 9.59 Å². The van der Waals surface area contributed by atoms with Crippen LogP contribution in [-0.4, -0.2) is 68.9 Å². The third-order valence-corrected chi connectivity index (χ3v) is 5.92. The molecule has 1 aromatic rings. The highest BCUT2D eigenvalue weighted by Gasteiger charge is 2.29. The summed E-state index contributed by atoms with van der Waals surface area (Å²) >= 11 is 0. The monoisotopic (exact) mass is 471 g/mol. The summed E-state index contributed by atoms with van der Waals surface area (Å²) in [5.41, 5.74) is 2.77. The lowest BCUT2D eigenvalue weighted by Gasteiger charge is -2.39. The van der Waals surface area contributed by atoms with Crippen molar-refractivity contribution in [3.8, 4) is 11.8 Å². The smallest absolute Gasteiger partial charge is 0.407 e. The fourth-order valence-electron chi connectivity index (χ4n) is 4.32. The highest BCUT2D eigenvalue weighted by Crippen LogP contribution is 2.32. The van der Waals surface area contributed by atoms with E-state index >= 15 is 0 Å². The Bertz CT molecular complexity index is 916. The van der Waals surface area contributed by atoms with Gasteiger partial charge < -0.3 is 19.7 Å². The molecule has 1 amide bonds. The van der Waals surface area contributed by atoms with Crippen LogP contribution in [0.1, 0.15) is 74.9 Å². The van der Waals surface area contributed by atoms with Gasteiger partial charge in [0.15, 0.2) is 0 Å². The largest absolute Gasteiger partial charge is 0.465 e. The van der Waals surface area contributed by atoms with Gasteiger partial charge in [-0.15, -0.1) is 0 Å². The summed E-state index contributed by atoms with van der Waals surface area (Å²) in [7, 11) is 5.35. The Balaban J connectivity index is 2.22. The molecule has 1 aliphatic rings. The molecule has 2 rings (SSSR count). The van der Waals surface area contributed by atoms with Gasteiger partial charge in [0, 0.05) is 29.9 Å².